The maximum Gasteiger partial charge on any atom is 0.269 e. The highest BCUT2D eigenvalue weighted by Gasteiger charge is 2.29. The van der Waals surface area contributed by atoms with Gasteiger partial charge in [-0.2, -0.15) is 0 Å². The molecule has 4 nitrogen and oxygen atoms in total. The summed E-state index contributed by atoms with van der Waals surface area (Å²) >= 11 is 6.01. The second-order valence-electron chi connectivity index (χ2n) is 5.07. The van der Waals surface area contributed by atoms with E-state index in [4.69, 9.17) is 11.6 Å². The quantitative estimate of drug-likeness (QED) is 0.354. The zero-order valence-electron chi connectivity index (χ0n) is 12.7. The van der Waals surface area contributed by atoms with Crippen LogP contribution in [0.4, 0.5) is 27.1 Å². The highest BCUT2D eigenvalue weighted by molar-refractivity contribution is 7.93. The third-order valence-electron chi connectivity index (χ3n) is 3.28. The van der Waals surface area contributed by atoms with Gasteiger partial charge in [0.1, 0.15) is 16.7 Å². The molecule has 3 rings (SSSR count). The molecule has 0 spiro atoms. The van der Waals surface area contributed by atoms with Crippen LogP contribution < -0.4 is 4.72 Å². The fourth-order valence-corrected chi connectivity index (χ4v) is 4.39. The van der Waals surface area contributed by atoms with Crippen molar-refractivity contribution in [2.75, 3.05) is 4.72 Å². The van der Waals surface area contributed by atoms with Gasteiger partial charge in [0.05, 0.1) is 5.69 Å². The molecular weight excluding hydrogens is 435 g/mol. The second-order valence-corrected chi connectivity index (χ2v) is 7.92. The first-order chi connectivity index (χ1) is 12.6. The van der Waals surface area contributed by atoms with Crippen LogP contribution in [0.3, 0.4) is 0 Å². The third kappa shape index (κ3) is 3.75. The van der Waals surface area contributed by atoms with Crippen molar-refractivity contribution in [3.05, 3.63) is 63.8 Å². The first-order valence-electron chi connectivity index (χ1n) is 6.87. The number of thiazole rings is 1. The topological polar surface area (TPSA) is 59.1 Å². The van der Waals surface area contributed by atoms with Crippen molar-refractivity contribution >= 4 is 38.1 Å². The van der Waals surface area contributed by atoms with Crippen molar-refractivity contribution < 1.29 is 30.4 Å². The largest absolute Gasteiger partial charge is 0.269 e. The van der Waals surface area contributed by atoms with Gasteiger partial charge < -0.3 is 0 Å². The molecule has 0 aliphatic rings. The summed E-state index contributed by atoms with van der Waals surface area (Å²) in [4.78, 5) is 2.37. The molecule has 1 heterocycles. The van der Waals surface area contributed by atoms with Crippen molar-refractivity contribution in [1.82, 2.24) is 4.98 Å². The highest BCUT2D eigenvalue weighted by Crippen LogP contribution is 2.31. The molecule has 0 bridgehead atoms. The van der Waals surface area contributed by atoms with Crippen molar-refractivity contribution in [2.24, 2.45) is 0 Å². The van der Waals surface area contributed by atoms with Gasteiger partial charge in [-0.05, 0) is 18.2 Å². The maximum atomic E-state index is 13.9. The molecule has 0 aliphatic carbocycles. The van der Waals surface area contributed by atoms with Gasteiger partial charge in [0.2, 0.25) is 0 Å². The third-order valence-corrected chi connectivity index (χ3v) is 5.89. The molecule has 142 valence electrons. The number of benzene rings is 2. The highest BCUT2D eigenvalue weighted by atomic mass is 35.5. The number of sulfonamides is 1. The molecule has 0 fully saturated rings. The average molecular weight is 441 g/mol. The van der Waals surface area contributed by atoms with E-state index >= 15 is 0 Å². The van der Waals surface area contributed by atoms with Crippen LogP contribution in [-0.2, 0) is 10.0 Å². The molecule has 0 saturated carbocycles. The monoisotopic (exact) mass is 440 g/mol. The molecule has 27 heavy (non-hydrogen) atoms. The summed E-state index contributed by atoms with van der Waals surface area (Å²) in [6, 6.07) is 3.06. The van der Waals surface area contributed by atoms with Crippen LogP contribution in [0, 0.1) is 29.1 Å². The van der Waals surface area contributed by atoms with Crippen LogP contribution >= 0.6 is 22.9 Å². The fourth-order valence-electron chi connectivity index (χ4n) is 2.07. The normalized spacial score (nSPS) is 11.6. The number of aromatic nitrogens is 1. The lowest BCUT2D eigenvalue weighted by Crippen LogP contribution is -2.17. The number of hydrogen-bond acceptors (Lipinski definition) is 4. The van der Waals surface area contributed by atoms with Crippen molar-refractivity contribution in [3.63, 3.8) is 0 Å². The molecule has 1 aromatic heterocycles. The SMILES string of the molecule is O=S(=O)(Nc1nc(-c2ccc(F)c(F)c2)cs1)c1c(F)cc(F)c(Cl)c1F. The van der Waals surface area contributed by atoms with E-state index in [1.807, 2.05) is 4.72 Å². The van der Waals surface area contributed by atoms with Gasteiger partial charge in [-0.25, -0.2) is 35.4 Å². The lowest BCUT2D eigenvalue weighted by molar-refractivity contribution is 0.499. The minimum Gasteiger partial charge on any atom is -0.254 e. The van der Waals surface area contributed by atoms with E-state index in [-0.39, 0.29) is 22.5 Å². The van der Waals surface area contributed by atoms with E-state index in [9.17, 15) is 30.4 Å². The van der Waals surface area contributed by atoms with Gasteiger partial charge in [-0.15, -0.1) is 11.3 Å². The van der Waals surface area contributed by atoms with E-state index < -0.39 is 49.0 Å². The van der Waals surface area contributed by atoms with E-state index in [1.165, 1.54) is 11.4 Å². The Morgan fingerprint density at radius 1 is 0.963 bits per heavy atom. The molecule has 12 heteroatoms. The summed E-state index contributed by atoms with van der Waals surface area (Å²) in [6.07, 6.45) is 0. The molecule has 0 aliphatic heterocycles. The Kier molecular flexibility index (Phi) is 5.10. The van der Waals surface area contributed by atoms with Gasteiger partial charge in [0, 0.05) is 17.0 Å². The lowest BCUT2D eigenvalue weighted by atomic mass is 10.2. The van der Waals surface area contributed by atoms with Crippen molar-refractivity contribution in [1.29, 1.82) is 0 Å². The second kappa shape index (κ2) is 7.06. The van der Waals surface area contributed by atoms with Crippen LogP contribution in [0.15, 0.2) is 34.5 Å². The Labute approximate surface area is 158 Å². The van der Waals surface area contributed by atoms with Crippen molar-refractivity contribution in [3.8, 4) is 11.3 Å². The fraction of sp³-hybridized carbons (Fsp3) is 0. The minimum atomic E-state index is -4.83. The van der Waals surface area contributed by atoms with Crippen LogP contribution in [-0.4, -0.2) is 13.4 Å². The minimum absolute atomic E-state index is 0.0923. The number of anilines is 1. The van der Waals surface area contributed by atoms with Gasteiger partial charge in [0.15, 0.2) is 27.5 Å². The van der Waals surface area contributed by atoms with Crippen LogP contribution in [0.5, 0.6) is 0 Å². The first-order valence-corrected chi connectivity index (χ1v) is 9.61. The molecular formula is C15H6ClF5N2O2S2. The predicted octanol–water partition coefficient (Wildman–Crippen LogP) is 4.96. The average Bonchev–Trinajstić information content (AvgIpc) is 3.02. The number of nitrogens with one attached hydrogen (secondary N) is 1. The smallest absolute Gasteiger partial charge is 0.254 e. The summed E-state index contributed by atoms with van der Waals surface area (Å²) < 4.78 is 93.5. The molecule has 0 amide bonds. The van der Waals surface area contributed by atoms with Crippen LogP contribution in [0.25, 0.3) is 11.3 Å². The van der Waals surface area contributed by atoms with Crippen LogP contribution in [0.2, 0.25) is 5.02 Å². The summed E-state index contributed by atoms with van der Waals surface area (Å²) in [7, 11) is -4.83. The standard InChI is InChI=1S/C15H6ClF5N2O2S2/c16-12-9(19)4-10(20)14(13(12)21)27(24,25)23-15-22-11(5-26-15)6-1-2-7(17)8(18)3-6/h1-5H,(H,22,23). The first kappa shape index (κ1) is 19.5. The number of halogens is 6. The molecule has 0 unspecified atom stereocenters. The van der Waals surface area contributed by atoms with Crippen LogP contribution in [0.1, 0.15) is 0 Å². The number of rotatable bonds is 4. The van der Waals surface area contributed by atoms with E-state index in [0.717, 1.165) is 23.5 Å². The Balaban J connectivity index is 1.95. The Morgan fingerprint density at radius 3 is 2.33 bits per heavy atom. The molecule has 3 aromatic rings. The molecule has 0 radical (unpaired) electrons. The van der Waals surface area contributed by atoms with Gasteiger partial charge in [0.25, 0.3) is 10.0 Å². The molecule has 0 saturated heterocycles. The summed E-state index contributed by atoms with van der Waals surface area (Å²) in [5.41, 5.74) is 0.243. The maximum absolute atomic E-state index is 13.9. The lowest BCUT2D eigenvalue weighted by Gasteiger charge is -2.09. The van der Waals surface area contributed by atoms with Gasteiger partial charge in [-0.1, -0.05) is 11.6 Å². The molecule has 1 N–H and O–H groups in total. The Bertz CT molecular complexity index is 1150. The van der Waals surface area contributed by atoms with E-state index in [0.29, 0.717) is 0 Å². The number of hydrogen-bond donors (Lipinski definition) is 1. The summed E-state index contributed by atoms with van der Waals surface area (Å²) in [5, 5.41) is -0.179. The predicted molar refractivity (Wildman–Crippen MR) is 89.6 cm³/mol. The zero-order chi connectivity index (χ0) is 19.9. The van der Waals surface area contributed by atoms with E-state index in [1.54, 1.807) is 0 Å². The zero-order valence-corrected chi connectivity index (χ0v) is 15.1. The summed E-state index contributed by atoms with van der Waals surface area (Å²) in [5.74, 6) is -7.14. The molecule has 2 aromatic carbocycles. The Morgan fingerprint density at radius 2 is 1.67 bits per heavy atom. The van der Waals surface area contributed by atoms with Gasteiger partial charge in [-0.3, -0.25) is 4.72 Å². The van der Waals surface area contributed by atoms with E-state index in [2.05, 4.69) is 4.98 Å². The Hall–Kier alpha value is -2.24. The van der Waals surface area contributed by atoms with Crippen molar-refractivity contribution in [2.45, 2.75) is 4.90 Å². The molecule has 0 atom stereocenters. The summed E-state index contributed by atoms with van der Waals surface area (Å²) in [6.45, 7) is 0. The number of nitrogens with zero attached hydrogens (tertiary/aromatic N) is 1. The van der Waals surface area contributed by atoms with Gasteiger partial charge >= 0.3 is 0 Å².